The normalized spacial score (nSPS) is 21.7. The summed E-state index contributed by atoms with van der Waals surface area (Å²) < 4.78 is 3.81. The van der Waals surface area contributed by atoms with Crippen LogP contribution in [0.15, 0.2) is 0 Å². The Kier molecular flexibility index (Phi) is 3.00. The van der Waals surface area contributed by atoms with E-state index in [9.17, 15) is 9.59 Å². The lowest BCUT2D eigenvalue weighted by Gasteiger charge is -2.37. The van der Waals surface area contributed by atoms with Crippen LogP contribution in [0.2, 0.25) is 0 Å². The molecule has 2 fully saturated rings. The van der Waals surface area contributed by atoms with Crippen molar-refractivity contribution in [1.82, 2.24) is 19.8 Å². The first-order valence-corrected chi connectivity index (χ1v) is 7.22. The zero-order valence-corrected chi connectivity index (χ0v) is 11.6. The van der Waals surface area contributed by atoms with Gasteiger partial charge in [-0.1, -0.05) is 4.49 Å². The van der Waals surface area contributed by atoms with E-state index in [1.54, 1.807) is 0 Å². The Morgan fingerprint density at radius 2 is 2.16 bits per heavy atom. The number of nitrogens with one attached hydrogen (secondary N) is 1. The molecule has 7 heteroatoms. The summed E-state index contributed by atoms with van der Waals surface area (Å²) in [7, 11) is 0. The van der Waals surface area contributed by atoms with Crippen LogP contribution in [0.3, 0.4) is 0 Å². The van der Waals surface area contributed by atoms with E-state index < -0.39 is 0 Å². The van der Waals surface area contributed by atoms with Crippen LogP contribution < -0.4 is 5.32 Å². The number of carbonyl (C=O) groups excluding carboxylic acids is 2. The van der Waals surface area contributed by atoms with E-state index in [1.165, 1.54) is 0 Å². The summed E-state index contributed by atoms with van der Waals surface area (Å²) in [5, 5.41) is 6.78. The number of hydrogen-bond donors (Lipinski definition) is 1. The summed E-state index contributed by atoms with van der Waals surface area (Å²) in [6.45, 7) is 3.99. The molecule has 3 rings (SSSR count). The minimum atomic E-state index is 0.0274. The van der Waals surface area contributed by atoms with Crippen molar-refractivity contribution in [2.75, 3.05) is 19.6 Å². The van der Waals surface area contributed by atoms with Crippen molar-refractivity contribution in [3.8, 4) is 0 Å². The Hall–Kier alpha value is -1.50. The summed E-state index contributed by atoms with van der Waals surface area (Å²) in [6.07, 6.45) is 2.39. The Morgan fingerprint density at radius 1 is 1.42 bits per heavy atom. The van der Waals surface area contributed by atoms with Gasteiger partial charge >= 0.3 is 0 Å². The van der Waals surface area contributed by atoms with Crippen molar-refractivity contribution in [2.24, 2.45) is 5.41 Å². The van der Waals surface area contributed by atoms with Crippen LogP contribution in [0.1, 0.15) is 34.6 Å². The third kappa shape index (κ3) is 2.22. The fourth-order valence-electron chi connectivity index (χ4n) is 2.86. The SMILES string of the molecule is Cc1nnsc1C(=O)N1CCC2(CC1)CNC(=O)C2. The highest BCUT2D eigenvalue weighted by Gasteiger charge is 2.41. The average Bonchev–Trinajstić information content (AvgIpc) is 2.97. The predicted molar refractivity (Wildman–Crippen MR) is 69.8 cm³/mol. The maximum atomic E-state index is 12.3. The molecule has 2 aliphatic heterocycles. The van der Waals surface area contributed by atoms with Gasteiger partial charge in [-0.05, 0) is 36.7 Å². The van der Waals surface area contributed by atoms with Gasteiger partial charge in [0, 0.05) is 26.1 Å². The first kappa shape index (κ1) is 12.5. The topological polar surface area (TPSA) is 75.2 Å². The van der Waals surface area contributed by atoms with Gasteiger partial charge in [0.2, 0.25) is 5.91 Å². The van der Waals surface area contributed by atoms with E-state index >= 15 is 0 Å². The van der Waals surface area contributed by atoms with Crippen LogP contribution in [0, 0.1) is 12.3 Å². The maximum absolute atomic E-state index is 12.3. The standard InChI is InChI=1S/C12H16N4O2S/c1-8-10(19-15-14-8)11(18)16-4-2-12(3-5-16)6-9(17)13-7-12/h2-7H2,1H3,(H,13,17). The lowest BCUT2D eigenvalue weighted by molar-refractivity contribution is -0.119. The van der Waals surface area contributed by atoms with Gasteiger partial charge in [-0.25, -0.2) is 0 Å². The van der Waals surface area contributed by atoms with Crippen molar-refractivity contribution in [2.45, 2.75) is 26.2 Å². The number of hydrogen-bond acceptors (Lipinski definition) is 5. The van der Waals surface area contributed by atoms with Gasteiger partial charge in [0.1, 0.15) is 4.88 Å². The van der Waals surface area contributed by atoms with E-state index in [4.69, 9.17) is 0 Å². The molecule has 2 aliphatic rings. The molecule has 2 saturated heterocycles. The summed E-state index contributed by atoms with van der Waals surface area (Å²) in [4.78, 5) is 26.2. The second-order valence-electron chi connectivity index (χ2n) is 5.43. The number of rotatable bonds is 1. The molecule has 2 amide bonds. The lowest BCUT2D eigenvalue weighted by Crippen LogP contribution is -2.44. The van der Waals surface area contributed by atoms with E-state index in [-0.39, 0.29) is 17.2 Å². The molecule has 102 valence electrons. The highest BCUT2D eigenvalue weighted by atomic mass is 32.1. The third-order valence-electron chi connectivity index (χ3n) is 4.15. The van der Waals surface area contributed by atoms with Crippen molar-refractivity contribution in [3.63, 3.8) is 0 Å². The summed E-state index contributed by atoms with van der Waals surface area (Å²) in [5.41, 5.74) is 0.780. The minimum Gasteiger partial charge on any atom is -0.356 e. The van der Waals surface area contributed by atoms with Crippen molar-refractivity contribution in [1.29, 1.82) is 0 Å². The van der Waals surface area contributed by atoms with Crippen molar-refractivity contribution in [3.05, 3.63) is 10.6 Å². The lowest BCUT2D eigenvalue weighted by atomic mass is 9.77. The average molecular weight is 280 g/mol. The molecule has 6 nitrogen and oxygen atoms in total. The first-order chi connectivity index (χ1) is 9.10. The number of aromatic nitrogens is 2. The number of piperidine rings is 1. The quantitative estimate of drug-likeness (QED) is 0.817. The van der Waals surface area contributed by atoms with Crippen LogP contribution in [-0.4, -0.2) is 45.9 Å². The minimum absolute atomic E-state index is 0.0274. The van der Waals surface area contributed by atoms with Gasteiger partial charge in [0.25, 0.3) is 5.91 Å². The van der Waals surface area contributed by atoms with E-state index in [0.29, 0.717) is 30.1 Å². The second-order valence-corrected chi connectivity index (χ2v) is 6.19. The molecule has 0 atom stereocenters. The third-order valence-corrected chi connectivity index (χ3v) is 4.97. The smallest absolute Gasteiger partial charge is 0.267 e. The zero-order chi connectivity index (χ0) is 13.5. The van der Waals surface area contributed by atoms with Crippen LogP contribution in [0.5, 0.6) is 0 Å². The zero-order valence-electron chi connectivity index (χ0n) is 10.8. The van der Waals surface area contributed by atoms with E-state index in [1.807, 2.05) is 11.8 Å². The molecule has 1 aromatic rings. The fourth-order valence-corrected chi connectivity index (χ4v) is 3.49. The molecule has 1 spiro atoms. The van der Waals surface area contributed by atoms with Crippen LogP contribution in [0.25, 0.3) is 0 Å². The number of carbonyl (C=O) groups is 2. The van der Waals surface area contributed by atoms with Gasteiger partial charge in [0.15, 0.2) is 0 Å². The number of aryl methyl sites for hydroxylation is 1. The fraction of sp³-hybridized carbons (Fsp3) is 0.667. The summed E-state index contributed by atoms with van der Waals surface area (Å²) in [6, 6.07) is 0. The molecule has 0 radical (unpaired) electrons. The number of amides is 2. The largest absolute Gasteiger partial charge is 0.356 e. The van der Waals surface area contributed by atoms with Gasteiger partial charge in [-0.2, -0.15) is 0 Å². The van der Waals surface area contributed by atoms with Crippen molar-refractivity contribution >= 4 is 23.3 Å². The van der Waals surface area contributed by atoms with E-state index in [2.05, 4.69) is 14.9 Å². The van der Waals surface area contributed by atoms with Gasteiger partial charge in [-0.15, -0.1) is 5.10 Å². The van der Waals surface area contributed by atoms with Crippen LogP contribution in [-0.2, 0) is 4.79 Å². The molecule has 0 aliphatic carbocycles. The molecular formula is C12H16N4O2S. The molecule has 0 saturated carbocycles. The molecule has 19 heavy (non-hydrogen) atoms. The summed E-state index contributed by atoms with van der Waals surface area (Å²) >= 11 is 1.16. The number of likely N-dealkylation sites (tertiary alicyclic amines) is 1. The molecular weight excluding hydrogens is 264 g/mol. The van der Waals surface area contributed by atoms with Gasteiger partial charge in [0.05, 0.1) is 5.69 Å². The predicted octanol–water partition coefficient (Wildman–Crippen LogP) is 0.589. The molecule has 1 aromatic heterocycles. The number of nitrogens with zero attached hydrogens (tertiary/aromatic N) is 3. The van der Waals surface area contributed by atoms with E-state index in [0.717, 1.165) is 30.9 Å². The summed E-state index contributed by atoms with van der Waals surface area (Å²) in [5.74, 6) is 0.168. The molecule has 0 unspecified atom stereocenters. The van der Waals surface area contributed by atoms with Crippen LogP contribution in [0.4, 0.5) is 0 Å². The molecule has 1 N–H and O–H groups in total. The van der Waals surface area contributed by atoms with Crippen LogP contribution >= 0.6 is 11.5 Å². The molecule has 0 aromatic carbocycles. The Balaban J connectivity index is 1.66. The molecule has 0 bridgehead atoms. The maximum Gasteiger partial charge on any atom is 0.267 e. The van der Waals surface area contributed by atoms with Crippen molar-refractivity contribution < 1.29 is 9.59 Å². The highest BCUT2D eigenvalue weighted by molar-refractivity contribution is 7.07. The van der Waals surface area contributed by atoms with Gasteiger partial charge < -0.3 is 10.2 Å². The first-order valence-electron chi connectivity index (χ1n) is 6.45. The molecule has 3 heterocycles. The monoisotopic (exact) mass is 280 g/mol. The Bertz CT molecular complexity index is 520. The Labute approximate surface area is 115 Å². The highest BCUT2D eigenvalue weighted by Crippen LogP contribution is 2.37. The Morgan fingerprint density at radius 3 is 2.68 bits per heavy atom. The van der Waals surface area contributed by atoms with Gasteiger partial charge in [-0.3, -0.25) is 9.59 Å². The second kappa shape index (κ2) is 4.56.